The predicted molar refractivity (Wildman–Crippen MR) is 104 cm³/mol. The van der Waals surface area contributed by atoms with Crippen molar-refractivity contribution in [1.82, 2.24) is 10.2 Å². The van der Waals surface area contributed by atoms with Crippen molar-refractivity contribution in [3.8, 4) is 0 Å². The molecule has 1 aromatic carbocycles. The minimum atomic E-state index is -3.12. The standard InChI is InChI=1S/C19H31N3O3S/c1-15-8-11-22(12-9-15)18(16-6-4-3-5-7-16)14-21-19(23)17(20)10-13-26(2,24)25/h3-7,15,17-18H,8-14,20H2,1-2H3,(H,21,23). The Labute approximate surface area is 157 Å². The highest BCUT2D eigenvalue weighted by Crippen LogP contribution is 2.26. The minimum absolute atomic E-state index is 0.0757. The Kier molecular flexibility index (Phi) is 7.61. The van der Waals surface area contributed by atoms with Crippen LogP contribution in [0.15, 0.2) is 30.3 Å². The van der Waals surface area contributed by atoms with Gasteiger partial charge in [-0.2, -0.15) is 0 Å². The van der Waals surface area contributed by atoms with E-state index in [0.29, 0.717) is 6.54 Å². The van der Waals surface area contributed by atoms with Crippen LogP contribution in [0.25, 0.3) is 0 Å². The zero-order valence-corrected chi connectivity index (χ0v) is 16.5. The van der Waals surface area contributed by atoms with Crippen LogP contribution in [0.4, 0.5) is 0 Å². The first-order chi connectivity index (χ1) is 12.3. The van der Waals surface area contributed by atoms with Crippen molar-refractivity contribution >= 4 is 15.7 Å². The van der Waals surface area contributed by atoms with Crippen molar-refractivity contribution in [2.45, 2.75) is 38.3 Å². The van der Waals surface area contributed by atoms with Crippen LogP contribution in [0.2, 0.25) is 0 Å². The molecule has 1 aromatic rings. The van der Waals surface area contributed by atoms with Gasteiger partial charge in [0.25, 0.3) is 0 Å². The molecule has 2 atom stereocenters. The van der Waals surface area contributed by atoms with Crippen molar-refractivity contribution in [3.63, 3.8) is 0 Å². The van der Waals surface area contributed by atoms with Gasteiger partial charge < -0.3 is 11.1 Å². The van der Waals surface area contributed by atoms with Crippen LogP contribution in [-0.2, 0) is 14.6 Å². The molecule has 1 heterocycles. The largest absolute Gasteiger partial charge is 0.353 e. The van der Waals surface area contributed by atoms with Crippen LogP contribution in [-0.4, -0.2) is 56.9 Å². The third kappa shape index (κ3) is 6.70. The first kappa shape index (κ1) is 20.9. The molecule has 0 radical (unpaired) electrons. The van der Waals surface area contributed by atoms with E-state index < -0.39 is 15.9 Å². The predicted octanol–water partition coefficient (Wildman–Crippen LogP) is 1.34. The maximum atomic E-state index is 12.3. The van der Waals surface area contributed by atoms with Crippen molar-refractivity contribution in [3.05, 3.63) is 35.9 Å². The lowest BCUT2D eigenvalue weighted by atomic mass is 9.95. The summed E-state index contributed by atoms with van der Waals surface area (Å²) in [7, 11) is -3.12. The summed E-state index contributed by atoms with van der Waals surface area (Å²) in [6, 6.07) is 9.47. The number of carbonyl (C=O) groups excluding carboxylic acids is 1. The van der Waals surface area contributed by atoms with E-state index in [4.69, 9.17) is 5.73 Å². The molecule has 1 saturated heterocycles. The summed E-state index contributed by atoms with van der Waals surface area (Å²) in [6.45, 7) is 4.77. The topological polar surface area (TPSA) is 92.5 Å². The number of sulfone groups is 1. The fourth-order valence-electron chi connectivity index (χ4n) is 3.27. The highest BCUT2D eigenvalue weighted by Gasteiger charge is 2.26. The molecule has 1 fully saturated rings. The van der Waals surface area contributed by atoms with E-state index in [2.05, 4.69) is 29.3 Å². The number of carbonyl (C=O) groups is 1. The number of nitrogens with two attached hydrogens (primary N) is 1. The van der Waals surface area contributed by atoms with Gasteiger partial charge in [0, 0.05) is 12.8 Å². The second-order valence-corrected chi connectivity index (χ2v) is 9.67. The highest BCUT2D eigenvalue weighted by molar-refractivity contribution is 7.90. The molecule has 0 bridgehead atoms. The summed E-state index contributed by atoms with van der Waals surface area (Å²) in [6.07, 6.45) is 3.61. The number of amides is 1. The van der Waals surface area contributed by atoms with E-state index in [1.165, 1.54) is 5.56 Å². The smallest absolute Gasteiger partial charge is 0.237 e. The number of benzene rings is 1. The molecule has 7 heteroatoms. The molecule has 0 spiro atoms. The van der Waals surface area contributed by atoms with Gasteiger partial charge in [-0.25, -0.2) is 8.42 Å². The Morgan fingerprint density at radius 1 is 1.27 bits per heavy atom. The fourth-order valence-corrected chi connectivity index (χ4v) is 3.96. The summed E-state index contributed by atoms with van der Waals surface area (Å²) < 4.78 is 22.5. The number of hydrogen-bond donors (Lipinski definition) is 2. The number of piperidine rings is 1. The Bertz CT molecular complexity index is 671. The van der Waals surface area contributed by atoms with Crippen molar-refractivity contribution in [2.75, 3.05) is 31.6 Å². The third-order valence-electron chi connectivity index (χ3n) is 5.05. The number of nitrogens with zero attached hydrogens (tertiary/aromatic N) is 1. The van der Waals surface area contributed by atoms with E-state index in [9.17, 15) is 13.2 Å². The molecule has 0 aromatic heterocycles. The lowest BCUT2D eigenvalue weighted by Gasteiger charge is -2.37. The Morgan fingerprint density at radius 3 is 2.46 bits per heavy atom. The van der Waals surface area contributed by atoms with E-state index >= 15 is 0 Å². The van der Waals surface area contributed by atoms with Crippen LogP contribution < -0.4 is 11.1 Å². The highest BCUT2D eigenvalue weighted by atomic mass is 32.2. The molecule has 1 amide bonds. The van der Waals surface area contributed by atoms with E-state index in [0.717, 1.165) is 38.1 Å². The van der Waals surface area contributed by atoms with Gasteiger partial charge in [0.1, 0.15) is 9.84 Å². The van der Waals surface area contributed by atoms with Gasteiger partial charge in [-0.3, -0.25) is 9.69 Å². The molecule has 26 heavy (non-hydrogen) atoms. The summed E-state index contributed by atoms with van der Waals surface area (Å²) in [5.74, 6) is 0.370. The molecule has 0 saturated carbocycles. The van der Waals surface area contributed by atoms with E-state index in [-0.39, 0.29) is 24.1 Å². The average Bonchev–Trinajstić information content (AvgIpc) is 2.61. The van der Waals surface area contributed by atoms with Crippen molar-refractivity contribution in [1.29, 1.82) is 0 Å². The van der Waals surface area contributed by atoms with Gasteiger partial charge >= 0.3 is 0 Å². The van der Waals surface area contributed by atoms with Crippen molar-refractivity contribution < 1.29 is 13.2 Å². The number of hydrogen-bond acceptors (Lipinski definition) is 5. The maximum absolute atomic E-state index is 12.3. The van der Waals surface area contributed by atoms with Crippen molar-refractivity contribution in [2.24, 2.45) is 11.7 Å². The van der Waals surface area contributed by atoms with Gasteiger partial charge in [-0.1, -0.05) is 37.3 Å². The third-order valence-corrected chi connectivity index (χ3v) is 6.03. The van der Waals surface area contributed by atoms with Crippen LogP contribution >= 0.6 is 0 Å². The zero-order chi connectivity index (χ0) is 19.2. The maximum Gasteiger partial charge on any atom is 0.237 e. The second-order valence-electron chi connectivity index (χ2n) is 7.42. The number of nitrogens with one attached hydrogen (secondary N) is 1. The molecule has 1 aliphatic rings. The fraction of sp³-hybridized carbons (Fsp3) is 0.632. The van der Waals surface area contributed by atoms with Gasteiger partial charge in [0.2, 0.25) is 5.91 Å². The monoisotopic (exact) mass is 381 g/mol. The summed E-state index contributed by atoms with van der Waals surface area (Å²) in [5, 5.41) is 2.93. The molecule has 6 nitrogen and oxygen atoms in total. The minimum Gasteiger partial charge on any atom is -0.353 e. The molecule has 1 aliphatic heterocycles. The number of rotatable bonds is 8. The SMILES string of the molecule is CC1CCN(C(CNC(=O)C(N)CCS(C)(=O)=O)c2ccccc2)CC1. The van der Waals surface area contributed by atoms with Gasteiger partial charge in [-0.05, 0) is 43.8 Å². The van der Waals surface area contributed by atoms with E-state index in [1.54, 1.807) is 0 Å². The molecule has 2 unspecified atom stereocenters. The molecule has 0 aliphatic carbocycles. The Balaban J connectivity index is 1.97. The van der Waals surface area contributed by atoms with E-state index in [1.807, 2.05) is 18.2 Å². The van der Waals surface area contributed by atoms with Crippen LogP contribution in [0.5, 0.6) is 0 Å². The lowest BCUT2D eigenvalue weighted by Crippen LogP contribution is -2.46. The summed E-state index contributed by atoms with van der Waals surface area (Å²) in [4.78, 5) is 14.7. The zero-order valence-electron chi connectivity index (χ0n) is 15.7. The van der Waals surface area contributed by atoms with Crippen LogP contribution in [0, 0.1) is 5.92 Å². The summed E-state index contributed by atoms with van der Waals surface area (Å²) in [5.41, 5.74) is 7.03. The van der Waals surface area contributed by atoms with Gasteiger partial charge in [0.15, 0.2) is 0 Å². The van der Waals surface area contributed by atoms with Gasteiger partial charge in [-0.15, -0.1) is 0 Å². The molecular formula is C19H31N3O3S. The molecular weight excluding hydrogens is 350 g/mol. The quantitative estimate of drug-likeness (QED) is 0.709. The Morgan fingerprint density at radius 2 is 1.88 bits per heavy atom. The number of likely N-dealkylation sites (tertiary alicyclic amines) is 1. The normalized spacial score (nSPS) is 19.0. The lowest BCUT2D eigenvalue weighted by molar-refractivity contribution is -0.122. The molecule has 2 rings (SSSR count). The molecule has 146 valence electrons. The van der Waals surface area contributed by atoms with Crippen LogP contribution in [0.3, 0.4) is 0 Å². The van der Waals surface area contributed by atoms with Crippen LogP contribution in [0.1, 0.15) is 37.8 Å². The average molecular weight is 382 g/mol. The van der Waals surface area contributed by atoms with Gasteiger partial charge in [0.05, 0.1) is 17.8 Å². The first-order valence-electron chi connectivity index (χ1n) is 9.26. The first-order valence-corrected chi connectivity index (χ1v) is 11.3. The second kappa shape index (κ2) is 9.48. The Hall–Kier alpha value is -1.44. The molecule has 3 N–H and O–H groups in total. The summed E-state index contributed by atoms with van der Waals surface area (Å²) >= 11 is 0.